The molecule has 0 radical (unpaired) electrons. The van der Waals surface area contributed by atoms with Gasteiger partial charge >= 0.3 is 12.0 Å². The van der Waals surface area contributed by atoms with Gasteiger partial charge in [0.1, 0.15) is 17.5 Å². The molecule has 0 bridgehead atoms. The van der Waals surface area contributed by atoms with Crippen molar-refractivity contribution in [1.29, 1.82) is 0 Å². The molecule has 10 nitrogen and oxygen atoms in total. The second-order valence-electron chi connectivity index (χ2n) is 7.47. The van der Waals surface area contributed by atoms with Crippen LogP contribution in [0.1, 0.15) is 24.4 Å². The number of aliphatic carboxylic acids is 1. The Kier molecular flexibility index (Phi) is 7.29. The summed E-state index contributed by atoms with van der Waals surface area (Å²) in [6.07, 6.45) is 0. The van der Waals surface area contributed by atoms with Crippen LogP contribution in [0.5, 0.6) is 5.75 Å². The van der Waals surface area contributed by atoms with Gasteiger partial charge in [-0.2, -0.15) is 0 Å². The van der Waals surface area contributed by atoms with Crippen LogP contribution in [-0.4, -0.2) is 41.3 Å². The van der Waals surface area contributed by atoms with Crippen LogP contribution in [0.2, 0.25) is 0 Å². The number of carbonyl (C=O) groups excluding carboxylic acids is 2. The van der Waals surface area contributed by atoms with Gasteiger partial charge < -0.3 is 30.3 Å². The fraction of sp³-hybridized carbons (Fsp3) is 0.217. The lowest BCUT2D eigenvalue weighted by atomic mass is 10.0. The van der Waals surface area contributed by atoms with Crippen molar-refractivity contribution in [2.45, 2.75) is 19.9 Å². The number of methoxy groups -OCH3 is 1. The first-order valence-electron chi connectivity index (χ1n) is 10.1. The average Bonchev–Trinajstić information content (AvgIpc) is 3.28. The van der Waals surface area contributed by atoms with Crippen LogP contribution in [-0.2, 0) is 4.79 Å². The monoisotopic (exact) mass is 452 g/mol. The minimum absolute atomic E-state index is 0.102. The number of ether oxygens (including phenoxy) is 1. The molecule has 1 heterocycles. The third-order valence-electron chi connectivity index (χ3n) is 4.75. The molecule has 2 aromatic carbocycles. The van der Waals surface area contributed by atoms with Crippen molar-refractivity contribution >= 4 is 29.3 Å². The van der Waals surface area contributed by atoms with Crippen LogP contribution in [0, 0.1) is 5.92 Å². The van der Waals surface area contributed by atoms with Gasteiger partial charge in [0.2, 0.25) is 5.76 Å². The summed E-state index contributed by atoms with van der Waals surface area (Å²) >= 11 is 0. The number of aromatic nitrogens is 1. The third kappa shape index (κ3) is 5.88. The first-order valence-corrected chi connectivity index (χ1v) is 10.1. The van der Waals surface area contributed by atoms with E-state index in [-0.39, 0.29) is 11.7 Å². The maximum atomic E-state index is 12.3. The molecule has 33 heavy (non-hydrogen) atoms. The van der Waals surface area contributed by atoms with Gasteiger partial charge in [0.15, 0.2) is 0 Å². The predicted octanol–water partition coefficient (Wildman–Crippen LogP) is 3.83. The number of nitrogens with one attached hydrogen (secondary N) is 3. The van der Waals surface area contributed by atoms with Crippen molar-refractivity contribution in [2.75, 3.05) is 17.7 Å². The lowest BCUT2D eigenvalue weighted by Crippen LogP contribution is -2.44. The highest BCUT2D eigenvalue weighted by Gasteiger charge is 2.25. The normalized spacial score (nSPS) is 11.5. The summed E-state index contributed by atoms with van der Waals surface area (Å²) in [5.41, 5.74) is 2.10. The fourth-order valence-corrected chi connectivity index (χ4v) is 3.00. The number of nitrogens with zero attached hydrogens (tertiary/aromatic N) is 1. The van der Waals surface area contributed by atoms with E-state index in [0.29, 0.717) is 28.4 Å². The van der Waals surface area contributed by atoms with E-state index in [1.807, 2.05) is 0 Å². The quantitative estimate of drug-likeness (QED) is 0.407. The first-order chi connectivity index (χ1) is 15.8. The number of benzene rings is 2. The van der Waals surface area contributed by atoms with Crippen molar-refractivity contribution in [3.63, 3.8) is 0 Å². The zero-order chi connectivity index (χ0) is 24.0. The number of urea groups is 1. The Morgan fingerprint density at radius 3 is 2.36 bits per heavy atom. The summed E-state index contributed by atoms with van der Waals surface area (Å²) in [5.74, 6) is -1.65. The van der Waals surface area contributed by atoms with E-state index >= 15 is 0 Å². The van der Waals surface area contributed by atoms with Crippen molar-refractivity contribution in [3.8, 4) is 17.0 Å². The number of hydrogen-bond acceptors (Lipinski definition) is 6. The molecule has 0 aliphatic rings. The lowest BCUT2D eigenvalue weighted by Gasteiger charge is -2.16. The summed E-state index contributed by atoms with van der Waals surface area (Å²) in [7, 11) is 1.52. The molecule has 4 N–H and O–H groups in total. The maximum Gasteiger partial charge on any atom is 0.326 e. The summed E-state index contributed by atoms with van der Waals surface area (Å²) < 4.78 is 10.3. The number of carboxylic acids is 1. The summed E-state index contributed by atoms with van der Waals surface area (Å²) in [5, 5.41) is 20.9. The van der Waals surface area contributed by atoms with Gasteiger partial charge in [-0.05, 0) is 30.2 Å². The topological polar surface area (TPSA) is 143 Å². The average molecular weight is 452 g/mol. The lowest BCUT2D eigenvalue weighted by molar-refractivity contribution is -0.140. The predicted molar refractivity (Wildman–Crippen MR) is 121 cm³/mol. The van der Waals surface area contributed by atoms with E-state index in [1.165, 1.54) is 13.2 Å². The van der Waals surface area contributed by atoms with E-state index in [2.05, 4.69) is 21.1 Å². The zero-order valence-electron chi connectivity index (χ0n) is 18.3. The second-order valence-corrected chi connectivity index (χ2v) is 7.47. The van der Waals surface area contributed by atoms with Crippen LogP contribution in [0.3, 0.4) is 0 Å². The number of carbonyl (C=O) groups is 3. The molecule has 0 fully saturated rings. The van der Waals surface area contributed by atoms with E-state index in [1.54, 1.807) is 62.4 Å². The molecule has 0 aliphatic heterocycles. The van der Waals surface area contributed by atoms with Crippen LogP contribution >= 0.6 is 0 Å². The Morgan fingerprint density at radius 1 is 1.03 bits per heavy atom. The Bertz CT molecular complexity index is 1140. The molecule has 3 amide bonds. The van der Waals surface area contributed by atoms with Gasteiger partial charge in [-0.25, -0.2) is 9.59 Å². The van der Waals surface area contributed by atoms with Gasteiger partial charge in [-0.15, -0.1) is 0 Å². The van der Waals surface area contributed by atoms with E-state index in [9.17, 15) is 19.5 Å². The van der Waals surface area contributed by atoms with Gasteiger partial charge in [0, 0.05) is 17.3 Å². The molecule has 3 rings (SSSR count). The highest BCUT2D eigenvalue weighted by Crippen LogP contribution is 2.24. The van der Waals surface area contributed by atoms with E-state index in [4.69, 9.17) is 9.26 Å². The van der Waals surface area contributed by atoms with Gasteiger partial charge in [0.25, 0.3) is 5.91 Å². The van der Waals surface area contributed by atoms with Crippen molar-refractivity contribution in [2.24, 2.45) is 5.92 Å². The number of rotatable bonds is 8. The summed E-state index contributed by atoms with van der Waals surface area (Å²) in [4.78, 5) is 35.9. The van der Waals surface area contributed by atoms with Crippen molar-refractivity contribution in [1.82, 2.24) is 10.5 Å². The van der Waals surface area contributed by atoms with Crippen LogP contribution in [0.25, 0.3) is 11.3 Å². The molecule has 172 valence electrons. The van der Waals surface area contributed by atoms with E-state index in [0.717, 1.165) is 0 Å². The molecule has 3 aromatic rings. The summed E-state index contributed by atoms with van der Waals surface area (Å²) in [6.45, 7) is 3.38. The minimum atomic E-state index is -1.13. The highest BCUT2D eigenvalue weighted by molar-refractivity contribution is 6.00. The van der Waals surface area contributed by atoms with Crippen LogP contribution in [0.15, 0.2) is 59.1 Å². The number of carboxylic acid groups (broad SMARTS) is 1. The highest BCUT2D eigenvalue weighted by atomic mass is 16.5. The molecule has 1 atom stereocenters. The molecule has 0 aliphatic carbocycles. The SMILES string of the molecule is COc1ccccc1NC(=O)Nc1ccc(-c2cc(C(=O)NC(C(=O)O)C(C)C)on2)cc1. The van der Waals surface area contributed by atoms with Gasteiger partial charge in [-0.1, -0.05) is 43.3 Å². The number of para-hydroxylation sites is 2. The molecular formula is C23H24N4O6. The summed E-state index contributed by atoms with van der Waals surface area (Å²) in [6, 6.07) is 13.7. The number of hydrogen-bond donors (Lipinski definition) is 4. The molecule has 0 saturated carbocycles. The third-order valence-corrected chi connectivity index (χ3v) is 4.75. The Balaban J connectivity index is 1.63. The molecule has 0 spiro atoms. The Labute approximate surface area is 189 Å². The Hall–Kier alpha value is -4.34. The number of amides is 3. The zero-order valence-corrected chi connectivity index (χ0v) is 18.3. The molecular weight excluding hydrogens is 428 g/mol. The Morgan fingerprint density at radius 2 is 1.73 bits per heavy atom. The van der Waals surface area contributed by atoms with Crippen LogP contribution in [0.4, 0.5) is 16.2 Å². The van der Waals surface area contributed by atoms with Crippen LogP contribution < -0.4 is 20.7 Å². The molecule has 0 saturated heterocycles. The van der Waals surface area contributed by atoms with Crippen molar-refractivity contribution in [3.05, 3.63) is 60.4 Å². The van der Waals surface area contributed by atoms with Crippen molar-refractivity contribution < 1.29 is 28.8 Å². The fourth-order valence-electron chi connectivity index (χ4n) is 3.00. The molecule has 1 unspecified atom stereocenters. The largest absolute Gasteiger partial charge is 0.495 e. The first kappa shape index (κ1) is 23.3. The van der Waals surface area contributed by atoms with Gasteiger partial charge in [-0.3, -0.25) is 4.79 Å². The molecule has 1 aromatic heterocycles. The second kappa shape index (κ2) is 10.3. The molecule has 10 heteroatoms. The minimum Gasteiger partial charge on any atom is -0.495 e. The van der Waals surface area contributed by atoms with E-state index < -0.39 is 23.9 Å². The maximum absolute atomic E-state index is 12.3. The van der Waals surface area contributed by atoms with Gasteiger partial charge in [0.05, 0.1) is 12.8 Å². The smallest absolute Gasteiger partial charge is 0.326 e. The number of anilines is 2. The standard InChI is InChI=1S/C23H24N4O6/c1-13(2)20(22(29)30)26-21(28)19-12-17(27-33-19)14-8-10-15(11-9-14)24-23(31)25-16-6-4-5-7-18(16)32-3/h4-13,20H,1-3H3,(H,26,28)(H,29,30)(H2,24,25,31).